The third-order valence-electron chi connectivity index (χ3n) is 3.27. The predicted molar refractivity (Wildman–Crippen MR) is 97.3 cm³/mol. The number of guanidine groups is 1. The predicted octanol–water partition coefficient (Wildman–Crippen LogP) is 1.04. The Morgan fingerprint density at radius 2 is 2.18 bits per heavy atom. The molecule has 0 atom stereocenters. The Balaban J connectivity index is 0.00000242. The van der Waals surface area contributed by atoms with Crippen molar-refractivity contribution in [1.82, 2.24) is 30.4 Å². The standard InChI is InChI=1S/C14H21N7.HI/c1-11-8-16-6-4-12(11)5-7-17-14(15-2)18-9-13-19-10-20-21(13)3;/h4,6,8,10H,5,7,9H2,1-3H3,(H2,15,17,18);1H. The zero-order chi connectivity index (χ0) is 15.1. The molecule has 0 spiro atoms. The van der Waals surface area contributed by atoms with Crippen LogP contribution in [0.25, 0.3) is 0 Å². The molecule has 0 bridgehead atoms. The number of hydrogen-bond donors (Lipinski definition) is 2. The quantitative estimate of drug-likeness (QED) is 0.434. The first-order valence-electron chi connectivity index (χ1n) is 6.87. The second-order valence-electron chi connectivity index (χ2n) is 4.70. The maximum absolute atomic E-state index is 4.20. The maximum atomic E-state index is 4.20. The van der Waals surface area contributed by atoms with Gasteiger partial charge in [0, 0.05) is 33.0 Å². The Labute approximate surface area is 147 Å². The smallest absolute Gasteiger partial charge is 0.191 e. The van der Waals surface area contributed by atoms with Crippen molar-refractivity contribution in [2.24, 2.45) is 12.0 Å². The van der Waals surface area contributed by atoms with E-state index in [9.17, 15) is 0 Å². The fourth-order valence-corrected chi connectivity index (χ4v) is 1.96. The van der Waals surface area contributed by atoms with Crippen molar-refractivity contribution in [3.8, 4) is 0 Å². The summed E-state index contributed by atoms with van der Waals surface area (Å²) in [6.45, 7) is 3.47. The fraction of sp³-hybridized carbons (Fsp3) is 0.429. The van der Waals surface area contributed by atoms with Crippen LogP contribution in [0.3, 0.4) is 0 Å². The first kappa shape index (κ1) is 18.3. The van der Waals surface area contributed by atoms with Gasteiger partial charge >= 0.3 is 0 Å². The summed E-state index contributed by atoms with van der Waals surface area (Å²) in [6, 6.07) is 2.05. The average Bonchev–Trinajstić information content (AvgIpc) is 2.90. The van der Waals surface area contributed by atoms with Gasteiger partial charge in [-0.05, 0) is 30.5 Å². The second kappa shape index (κ2) is 9.34. The van der Waals surface area contributed by atoms with Crippen LogP contribution in [-0.4, -0.2) is 39.3 Å². The van der Waals surface area contributed by atoms with Crippen LogP contribution in [0.5, 0.6) is 0 Å². The van der Waals surface area contributed by atoms with Gasteiger partial charge in [-0.3, -0.25) is 14.7 Å². The van der Waals surface area contributed by atoms with Gasteiger partial charge in [0.15, 0.2) is 5.96 Å². The zero-order valence-corrected chi connectivity index (χ0v) is 15.4. The molecule has 120 valence electrons. The molecule has 0 fully saturated rings. The minimum absolute atomic E-state index is 0. The summed E-state index contributed by atoms with van der Waals surface area (Å²) >= 11 is 0. The van der Waals surface area contributed by atoms with Crippen molar-refractivity contribution >= 4 is 29.9 Å². The highest BCUT2D eigenvalue weighted by Crippen LogP contribution is 2.04. The molecule has 0 saturated carbocycles. The molecule has 2 heterocycles. The SMILES string of the molecule is CN=C(NCCc1ccncc1C)NCc1ncnn1C.I. The molecule has 0 saturated heterocycles. The number of rotatable bonds is 5. The van der Waals surface area contributed by atoms with Crippen molar-refractivity contribution in [1.29, 1.82) is 0 Å². The van der Waals surface area contributed by atoms with Crippen LogP contribution in [0.1, 0.15) is 17.0 Å². The molecule has 0 aliphatic rings. The molecular weight excluding hydrogens is 393 g/mol. The molecule has 22 heavy (non-hydrogen) atoms. The normalized spacial score (nSPS) is 11.0. The monoisotopic (exact) mass is 415 g/mol. The number of aryl methyl sites for hydroxylation is 2. The van der Waals surface area contributed by atoms with Gasteiger partial charge < -0.3 is 10.6 Å². The van der Waals surface area contributed by atoms with E-state index < -0.39 is 0 Å². The summed E-state index contributed by atoms with van der Waals surface area (Å²) < 4.78 is 1.74. The number of nitrogens with one attached hydrogen (secondary N) is 2. The molecule has 2 aromatic rings. The van der Waals surface area contributed by atoms with Gasteiger partial charge in [0.2, 0.25) is 0 Å². The molecule has 2 aromatic heterocycles. The zero-order valence-electron chi connectivity index (χ0n) is 13.1. The molecule has 0 unspecified atom stereocenters. The lowest BCUT2D eigenvalue weighted by Gasteiger charge is -2.12. The largest absolute Gasteiger partial charge is 0.356 e. The van der Waals surface area contributed by atoms with E-state index in [0.717, 1.165) is 24.7 Å². The van der Waals surface area contributed by atoms with Crippen LogP contribution in [-0.2, 0) is 20.0 Å². The Bertz CT molecular complexity index is 609. The molecule has 0 aliphatic carbocycles. The molecule has 0 radical (unpaired) electrons. The van der Waals surface area contributed by atoms with Crippen molar-refractivity contribution in [3.63, 3.8) is 0 Å². The van der Waals surface area contributed by atoms with E-state index in [1.54, 1.807) is 18.1 Å². The summed E-state index contributed by atoms with van der Waals surface area (Å²) in [4.78, 5) is 12.5. The van der Waals surface area contributed by atoms with Crippen molar-refractivity contribution in [2.45, 2.75) is 19.9 Å². The number of hydrogen-bond acceptors (Lipinski definition) is 4. The van der Waals surface area contributed by atoms with Crippen molar-refractivity contribution < 1.29 is 0 Å². The summed E-state index contributed by atoms with van der Waals surface area (Å²) in [5, 5.41) is 10.5. The number of halogens is 1. The highest BCUT2D eigenvalue weighted by Gasteiger charge is 2.03. The van der Waals surface area contributed by atoms with Gasteiger partial charge in [-0.2, -0.15) is 5.10 Å². The topological polar surface area (TPSA) is 80.0 Å². The van der Waals surface area contributed by atoms with E-state index >= 15 is 0 Å². The number of aromatic nitrogens is 4. The fourth-order valence-electron chi connectivity index (χ4n) is 1.96. The third kappa shape index (κ3) is 5.24. The molecule has 7 nitrogen and oxygen atoms in total. The van der Waals surface area contributed by atoms with Crippen LogP contribution in [0.4, 0.5) is 0 Å². The highest BCUT2D eigenvalue weighted by molar-refractivity contribution is 14.0. The summed E-state index contributed by atoms with van der Waals surface area (Å²) in [5.74, 6) is 1.62. The van der Waals surface area contributed by atoms with Crippen LogP contribution in [0, 0.1) is 6.92 Å². The minimum Gasteiger partial charge on any atom is -0.356 e. The Hall–Kier alpha value is -1.71. The molecule has 0 aliphatic heterocycles. The van der Waals surface area contributed by atoms with Gasteiger partial charge in [-0.25, -0.2) is 4.98 Å². The molecular formula is C14H22IN7. The van der Waals surface area contributed by atoms with Crippen LogP contribution in [0.2, 0.25) is 0 Å². The molecule has 2 rings (SSSR count). The van der Waals surface area contributed by atoms with Gasteiger partial charge in [-0.15, -0.1) is 24.0 Å². The lowest BCUT2D eigenvalue weighted by molar-refractivity contribution is 0.672. The lowest BCUT2D eigenvalue weighted by Crippen LogP contribution is -2.38. The molecule has 0 amide bonds. The van der Waals surface area contributed by atoms with Gasteiger partial charge in [-0.1, -0.05) is 0 Å². The Morgan fingerprint density at radius 3 is 2.82 bits per heavy atom. The summed E-state index contributed by atoms with van der Waals surface area (Å²) in [7, 11) is 3.62. The average molecular weight is 415 g/mol. The van der Waals surface area contributed by atoms with E-state index in [4.69, 9.17) is 0 Å². The van der Waals surface area contributed by atoms with Crippen molar-refractivity contribution in [2.75, 3.05) is 13.6 Å². The highest BCUT2D eigenvalue weighted by atomic mass is 127. The van der Waals surface area contributed by atoms with E-state index in [-0.39, 0.29) is 24.0 Å². The lowest BCUT2D eigenvalue weighted by atomic mass is 10.1. The van der Waals surface area contributed by atoms with Gasteiger partial charge in [0.05, 0.1) is 6.54 Å². The third-order valence-corrected chi connectivity index (χ3v) is 3.27. The van der Waals surface area contributed by atoms with Gasteiger partial charge in [0.1, 0.15) is 12.2 Å². The van der Waals surface area contributed by atoms with E-state index in [0.29, 0.717) is 6.54 Å². The van der Waals surface area contributed by atoms with Crippen molar-refractivity contribution in [3.05, 3.63) is 41.7 Å². The minimum atomic E-state index is 0. The van der Waals surface area contributed by atoms with E-state index in [1.807, 2.05) is 25.5 Å². The number of pyridine rings is 1. The summed E-state index contributed by atoms with van der Waals surface area (Å²) in [6.07, 6.45) is 6.18. The first-order chi connectivity index (χ1) is 10.2. The number of nitrogens with zero attached hydrogens (tertiary/aromatic N) is 5. The van der Waals surface area contributed by atoms with Gasteiger partial charge in [0.25, 0.3) is 0 Å². The van der Waals surface area contributed by atoms with E-state index in [2.05, 4.69) is 37.6 Å². The molecule has 0 aromatic carbocycles. The van der Waals surface area contributed by atoms with Crippen LogP contribution in [0.15, 0.2) is 29.8 Å². The Morgan fingerprint density at radius 1 is 1.36 bits per heavy atom. The maximum Gasteiger partial charge on any atom is 0.191 e. The number of aliphatic imine (C=N–C) groups is 1. The molecule has 2 N–H and O–H groups in total. The molecule has 8 heteroatoms. The van der Waals surface area contributed by atoms with Crippen LogP contribution >= 0.6 is 24.0 Å². The first-order valence-corrected chi connectivity index (χ1v) is 6.87. The summed E-state index contributed by atoms with van der Waals surface area (Å²) in [5.41, 5.74) is 2.50. The van der Waals surface area contributed by atoms with Crippen LogP contribution < -0.4 is 10.6 Å². The second-order valence-corrected chi connectivity index (χ2v) is 4.70. The Kier molecular flexibility index (Phi) is 7.78. The van der Waals surface area contributed by atoms with E-state index in [1.165, 1.54) is 11.1 Å².